The van der Waals surface area contributed by atoms with Crippen LogP contribution in [-0.2, 0) is 9.53 Å². The molecular weight excluding hydrogens is 244 g/mol. The highest BCUT2D eigenvalue weighted by Crippen LogP contribution is 2.23. The van der Waals surface area contributed by atoms with Crippen molar-refractivity contribution >= 4 is 17.8 Å². The van der Waals surface area contributed by atoms with Crippen LogP contribution in [0.3, 0.4) is 0 Å². The van der Waals surface area contributed by atoms with Crippen LogP contribution in [0.4, 0.5) is 5.82 Å². The van der Waals surface area contributed by atoms with Crippen LogP contribution in [0.15, 0.2) is 12.3 Å². The summed E-state index contributed by atoms with van der Waals surface area (Å²) in [6.45, 7) is 0. The molecule has 1 aromatic heterocycles. The average molecular weight is 256 g/mol. The van der Waals surface area contributed by atoms with E-state index in [0.29, 0.717) is 0 Å². The molecule has 0 amide bonds. The monoisotopic (exact) mass is 256 g/mol. The van der Waals surface area contributed by atoms with Gasteiger partial charge in [-0.25, -0.2) is 14.6 Å². The Morgan fingerprint density at radius 2 is 2.06 bits per heavy atom. The summed E-state index contributed by atoms with van der Waals surface area (Å²) < 4.78 is 4.25. The maximum absolute atomic E-state index is 11.0. The highest BCUT2D eigenvalue weighted by molar-refractivity contribution is 5.88. The van der Waals surface area contributed by atoms with Crippen molar-refractivity contribution in [1.82, 2.24) is 4.98 Å². The highest BCUT2D eigenvalue weighted by Gasteiger charge is 2.29. The molecule has 1 rings (SSSR count). The summed E-state index contributed by atoms with van der Waals surface area (Å²) in [5.41, 5.74) is 5.06. The Morgan fingerprint density at radius 1 is 1.44 bits per heavy atom. The van der Waals surface area contributed by atoms with Gasteiger partial charge in [0.2, 0.25) is 0 Å². The number of nitrogen functional groups attached to an aromatic ring is 1. The van der Waals surface area contributed by atoms with Gasteiger partial charge >= 0.3 is 11.9 Å². The van der Waals surface area contributed by atoms with Crippen LogP contribution in [0, 0.1) is 0 Å². The minimum absolute atomic E-state index is 0.159. The molecule has 1 heterocycles. The molecule has 2 atom stereocenters. The number of hydrogen-bond acceptors (Lipinski definition) is 7. The Morgan fingerprint density at radius 3 is 2.56 bits per heavy atom. The number of aromatic nitrogens is 1. The lowest BCUT2D eigenvalue weighted by atomic mass is 10.0. The van der Waals surface area contributed by atoms with E-state index in [-0.39, 0.29) is 16.9 Å². The molecule has 1 aromatic rings. The number of carbonyl (C=O) groups excluding carboxylic acids is 1. The zero-order chi connectivity index (χ0) is 13.9. The van der Waals surface area contributed by atoms with Crippen LogP contribution in [0.5, 0.6) is 0 Å². The largest absolute Gasteiger partial charge is 0.478 e. The lowest BCUT2D eigenvalue weighted by Gasteiger charge is -2.17. The number of methoxy groups -OCH3 is 1. The lowest BCUT2D eigenvalue weighted by Crippen LogP contribution is -2.29. The van der Waals surface area contributed by atoms with Gasteiger partial charge in [-0.05, 0) is 6.07 Å². The lowest BCUT2D eigenvalue weighted by molar-refractivity contribution is -0.156. The van der Waals surface area contributed by atoms with E-state index in [9.17, 15) is 19.8 Å². The number of carbonyl (C=O) groups is 2. The minimum atomic E-state index is -1.87. The molecule has 0 aliphatic rings. The summed E-state index contributed by atoms with van der Waals surface area (Å²) >= 11 is 0. The summed E-state index contributed by atoms with van der Waals surface area (Å²) in [5, 5.41) is 27.9. The van der Waals surface area contributed by atoms with E-state index in [0.717, 1.165) is 19.4 Å². The van der Waals surface area contributed by atoms with Crippen molar-refractivity contribution < 1.29 is 29.6 Å². The molecule has 0 aromatic carbocycles. The molecule has 0 spiro atoms. The van der Waals surface area contributed by atoms with E-state index in [2.05, 4.69) is 9.72 Å². The SMILES string of the molecule is COC(=O)C(O)C(O)c1cc(C(=O)O)cnc1N. The summed E-state index contributed by atoms with van der Waals surface area (Å²) in [7, 11) is 1.04. The Labute approximate surface area is 102 Å². The fourth-order valence-corrected chi connectivity index (χ4v) is 1.27. The van der Waals surface area contributed by atoms with Gasteiger partial charge in [0.05, 0.1) is 12.7 Å². The highest BCUT2D eigenvalue weighted by atomic mass is 16.5. The van der Waals surface area contributed by atoms with Crippen LogP contribution in [0.25, 0.3) is 0 Å². The van der Waals surface area contributed by atoms with Crippen LogP contribution in [-0.4, -0.2) is 45.5 Å². The van der Waals surface area contributed by atoms with Crippen molar-refractivity contribution in [3.63, 3.8) is 0 Å². The standard InChI is InChI=1S/C10H12N2O6/c1-18-10(17)7(14)6(13)5-2-4(9(15)16)3-12-8(5)11/h2-3,6-7,13-14H,1H3,(H2,11,12)(H,15,16). The number of ether oxygens (including phenoxy) is 1. The van der Waals surface area contributed by atoms with Crippen molar-refractivity contribution in [3.8, 4) is 0 Å². The van der Waals surface area contributed by atoms with Gasteiger partial charge in [-0.1, -0.05) is 0 Å². The Balaban J connectivity index is 3.11. The molecule has 18 heavy (non-hydrogen) atoms. The number of aliphatic hydroxyl groups is 2. The van der Waals surface area contributed by atoms with Gasteiger partial charge in [0.15, 0.2) is 6.10 Å². The van der Waals surface area contributed by atoms with Crippen LogP contribution >= 0.6 is 0 Å². The molecule has 8 heteroatoms. The van der Waals surface area contributed by atoms with Crippen molar-refractivity contribution in [2.45, 2.75) is 12.2 Å². The second-order valence-electron chi connectivity index (χ2n) is 3.42. The molecule has 98 valence electrons. The van der Waals surface area contributed by atoms with E-state index in [1.807, 2.05) is 0 Å². The molecule has 0 radical (unpaired) electrons. The van der Waals surface area contributed by atoms with Gasteiger partial charge in [-0.2, -0.15) is 0 Å². The third-order valence-electron chi connectivity index (χ3n) is 2.26. The Hall–Kier alpha value is -2.19. The Kier molecular flexibility index (Phi) is 4.18. The molecule has 0 bridgehead atoms. The number of esters is 1. The number of carboxylic acids is 1. The molecule has 0 aliphatic carbocycles. The number of hydrogen-bond donors (Lipinski definition) is 4. The second kappa shape index (κ2) is 5.43. The number of aliphatic hydroxyl groups excluding tert-OH is 2. The number of carboxylic acid groups (broad SMARTS) is 1. The average Bonchev–Trinajstić information content (AvgIpc) is 2.36. The van der Waals surface area contributed by atoms with E-state index in [4.69, 9.17) is 10.8 Å². The van der Waals surface area contributed by atoms with Crippen molar-refractivity contribution in [2.75, 3.05) is 12.8 Å². The van der Waals surface area contributed by atoms with E-state index < -0.39 is 24.1 Å². The summed E-state index contributed by atoms with van der Waals surface area (Å²) in [4.78, 5) is 25.3. The van der Waals surface area contributed by atoms with Crippen molar-refractivity contribution in [1.29, 1.82) is 0 Å². The van der Waals surface area contributed by atoms with E-state index in [1.54, 1.807) is 0 Å². The summed E-state index contributed by atoms with van der Waals surface area (Å²) in [6.07, 6.45) is -2.59. The molecular formula is C10H12N2O6. The number of nitrogens with zero attached hydrogens (tertiary/aromatic N) is 1. The molecule has 5 N–H and O–H groups in total. The first-order valence-electron chi connectivity index (χ1n) is 4.81. The van der Waals surface area contributed by atoms with E-state index in [1.165, 1.54) is 0 Å². The van der Waals surface area contributed by atoms with Gasteiger partial charge in [0.25, 0.3) is 0 Å². The molecule has 0 saturated heterocycles. The predicted octanol–water partition coefficient (Wildman–Crippen LogP) is -1.07. The first-order valence-corrected chi connectivity index (χ1v) is 4.81. The molecule has 8 nitrogen and oxygen atoms in total. The first-order chi connectivity index (χ1) is 8.38. The maximum atomic E-state index is 11.0. The van der Waals surface area contributed by atoms with E-state index >= 15 is 0 Å². The predicted molar refractivity (Wildman–Crippen MR) is 58.6 cm³/mol. The van der Waals surface area contributed by atoms with Crippen LogP contribution in [0.2, 0.25) is 0 Å². The summed E-state index contributed by atoms with van der Waals surface area (Å²) in [5.74, 6) is -2.53. The number of aromatic carboxylic acids is 1. The van der Waals surface area contributed by atoms with Gasteiger partial charge in [0.1, 0.15) is 11.9 Å². The van der Waals surface area contributed by atoms with Crippen molar-refractivity contribution in [3.05, 3.63) is 23.4 Å². The van der Waals surface area contributed by atoms with Crippen LogP contribution in [0.1, 0.15) is 22.0 Å². The number of pyridine rings is 1. The third-order valence-corrected chi connectivity index (χ3v) is 2.26. The van der Waals surface area contributed by atoms with Gasteiger partial charge in [0, 0.05) is 11.8 Å². The quantitative estimate of drug-likeness (QED) is 0.498. The third kappa shape index (κ3) is 2.73. The van der Waals surface area contributed by atoms with Gasteiger partial charge < -0.3 is 25.8 Å². The maximum Gasteiger partial charge on any atom is 0.337 e. The minimum Gasteiger partial charge on any atom is -0.478 e. The second-order valence-corrected chi connectivity index (χ2v) is 3.42. The van der Waals surface area contributed by atoms with Gasteiger partial charge in [-0.3, -0.25) is 0 Å². The number of rotatable bonds is 4. The molecule has 2 unspecified atom stereocenters. The first kappa shape index (κ1) is 13.9. The summed E-state index contributed by atoms with van der Waals surface area (Å²) in [6, 6.07) is 1.03. The topological polar surface area (TPSA) is 143 Å². The molecule has 0 saturated carbocycles. The Bertz CT molecular complexity index is 475. The van der Waals surface area contributed by atoms with Gasteiger partial charge in [-0.15, -0.1) is 0 Å². The number of anilines is 1. The zero-order valence-corrected chi connectivity index (χ0v) is 9.40. The normalized spacial score (nSPS) is 13.7. The van der Waals surface area contributed by atoms with Crippen molar-refractivity contribution in [2.24, 2.45) is 0 Å². The fraction of sp³-hybridized carbons (Fsp3) is 0.300. The molecule has 0 aliphatic heterocycles. The molecule has 0 fully saturated rings. The fourth-order valence-electron chi connectivity index (χ4n) is 1.27. The smallest absolute Gasteiger partial charge is 0.337 e. The number of nitrogens with two attached hydrogens (primary N) is 1. The zero-order valence-electron chi connectivity index (χ0n) is 9.40. The van der Waals surface area contributed by atoms with Crippen LogP contribution < -0.4 is 5.73 Å².